The van der Waals surface area contributed by atoms with Crippen molar-refractivity contribution in [1.29, 1.82) is 0 Å². The molecular weight excluding hydrogens is 248 g/mol. The van der Waals surface area contributed by atoms with Crippen molar-refractivity contribution in [2.75, 3.05) is 13.1 Å². The molecule has 0 spiro atoms. The molecule has 2 rings (SSSR count). The van der Waals surface area contributed by atoms with Gasteiger partial charge in [-0.2, -0.15) is 0 Å². The van der Waals surface area contributed by atoms with Crippen LogP contribution in [-0.4, -0.2) is 18.1 Å². The summed E-state index contributed by atoms with van der Waals surface area (Å²) >= 11 is 0. The number of oxazole rings is 1. The molecule has 3 heteroatoms. The third-order valence-electron chi connectivity index (χ3n) is 3.27. The molecule has 0 radical (unpaired) electrons. The lowest BCUT2D eigenvalue weighted by molar-refractivity contribution is 0.483. The van der Waals surface area contributed by atoms with Crippen LogP contribution in [0.5, 0.6) is 0 Å². The van der Waals surface area contributed by atoms with Gasteiger partial charge in [-0.1, -0.05) is 37.6 Å². The second-order valence-electron chi connectivity index (χ2n) is 5.78. The van der Waals surface area contributed by atoms with E-state index in [1.165, 1.54) is 11.1 Å². The monoisotopic (exact) mass is 272 g/mol. The Morgan fingerprint density at radius 1 is 1.25 bits per heavy atom. The van der Waals surface area contributed by atoms with Gasteiger partial charge in [0.25, 0.3) is 0 Å². The summed E-state index contributed by atoms with van der Waals surface area (Å²) in [5.41, 5.74) is 3.62. The molecule has 0 aliphatic carbocycles. The minimum absolute atomic E-state index is 0.672. The Morgan fingerprint density at radius 3 is 2.75 bits per heavy atom. The summed E-state index contributed by atoms with van der Waals surface area (Å²) in [6.07, 6.45) is 2.66. The van der Waals surface area contributed by atoms with Crippen LogP contribution in [0.1, 0.15) is 30.9 Å². The van der Waals surface area contributed by atoms with Crippen molar-refractivity contribution in [2.24, 2.45) is 5.92 Å². The SMILES string of the molecule is Cc1ccc(-c2cnc(CCNCC(C)C)o2)c(C)c1. The number of benzene rings is 1. The number of rotatable bonds is 6. The van der Waals surface area contributed by atoms with E-state index >= 15 is 0 Å². The molecule has 0 amide bonds. The standard InChI is InChI=1S/C17H24N2O/c1-12(2)10-18-8-7-17-19-11-16(20-17)15-6-5-13(3)9-14(15)4/h5-6,9,11-12,18H,7-8,10H2,1-4H3. The Balaban J connectivity index is 1.98. The van der Waals surface area contributed by atoms with Crippen molar-refractivity contribution in [3.63, 3.8) is 0 Å². The number of nitrogens with zero attached hydrogens (tertiary/aromatic N) is 1. The largest absolute Gasteiger partial charge is 0.441 e. The van der Waals surface area contributed by atoms with Crippen LogP contribution < -0.4 is 5.32 Å². The summed E-state index contributed by atoms with van der Waals surface area (Å²) in [7, 11) is 0. The molecule has 1 aromatic heterocycles. The molecule has 0 atom stereocenters. The highest BCUT2D eigenvalue weighted by atomic mass is 16.4. The lowest BCUT2D eigenvalue weighted by Crippen LogP contribution is -2.22. The zero-order valence-corrected chi connectivity index (χ0v) is 12.9. The zero-order chi connectivity index (χ0) is 14.5. The van der Waals surface area contributed by atoms with Gasteiger partial charge >= 0.3 is 0 Å². The average Bonchev–Trinajstić information content (AvgIpc) is 2.83. The van der Waals surface area contributed by atoms with Gasteiger partial charge in [-0.3, -0.25) is 0 Å². The first kappa shape index (κ1) is 14.8. The van der Waals surface area contributed by atoms with Gasteiger partial charge in [-0.15, -0.1) is 0 Å². The highest BCUT2D eigenvalue weighted by molar-refractivity contribution is 5.61. The van der Waals surface area contributed by atoms with Gasteiger partial charge in [0.15, 0.2) is 11.7 Å². The molecule has 1 aromatic carbocycles. The molecule has 1 N–H and O–H groups in total. The van der Waals surface area contributed by atoms with Crippen molar-refractivity contribution in [3.05, 3.63) is 41.4 Å². The molecule has 0 fully saturated rings. The van der Waals surface area contributed by atoms with Gasteiger partial charge in [0, 0.05) is 18.5 Å². The molecular formula is C17H24N2O. The first-order chi connectivity index (χ1) is 9.56. The molecule has 0 aliphatic rings. The van der Waals surface area contributed by atoms with Gasteiger partial charge in [-0.25, -0.2) is 4.98 Å². The fourth-order valence-electron chi connectivity index (χ4n) is 2.23. The first-order valence-electron chi connectivity index (χ1n) is 7.29. The van der Waals surface area contributed by atoms with Gasteiger partial charge in [-0.05, 0) is 31.9 Å². The highest BCUT2D eigenvalue weighted by Crippen LogP contribution is 2.24. The minimum Gasteiger partial charge on any atom is -0.441 e. The normalized spacial score (nSPS) is 11.2. The summed E-state index contributed by atoms with van der Waals surface area (Å²) in [6.45, 7) is 10.6. The van der Waals surface area contributed by atoms with E-state index in [1.807, 2.05) is 6.20 Å². The van der Waals surface area contributed by atoms with Crippen LogP contribution in [0.3, 0.4) is 0 Å². The quantitative estimate of drug-likeness (QED) is 0.814. The van der Waals surface area contributed by atoms with Crippen LogP contribution in [0.4, 0.5) is 0 Å². The number of hydrogen-bond acceptors (Lipinski definition) is 3. The fourth-order valence-corrected chi connectivity index (χ4v) is 2.23. The van der Waals surface area contributed by atoms with Crippen LogP contribution in [0.2, 0.25) is 0 Å². The van der Waals surface area contributed by atoms with E-state index in [2.05, 4.69) is 56.2 Å². The molecule has 0 bridgehead atoms. The molecule has 0 unspecified atom stereocenters. The zero-order valence-electron chi connectivity index (χ0n) is 12.9. The van der Waals surface area contributed by atoms with E-state index in [9.17, 15) is 0 Å². The number of nitrogens with one attached hydrogen (secondary N) is 1. The molecule has 0 saturated heterocycles. The predicted molar refractivity (Wildman–Crippen MR) is 82.8 cm³/mol. The maximum Gasteiger partial charge on any atom is 0.196 e. The van der Waals surface area contributed by atoms with Gasteiger partial charge in [0.2, 0.25) is 0 Å². The van der Waals surface area contributed by atoms with Crippen LogP contribution >= 0.6 is 0 Å². The maximum absolute atomic E-state index is 5.85. The van der Waals surface area contributed by atoms with Gasteiger partial charge < -0.3 is 9.73 Å². The lowest BCUT2D eigenvalue weighted by Gasteiger charge is -2.05. The smallest absolute Gasteiger partial charge is 0.196 e. The first-order valence-corrected chi connectivity index (χ1v) is 7.29. The van der Waals surface area contributed by atoms with E-state index in [-0.39, 0.29) is 0 Å². The van der Waals surface area contributed by atoms with E-state index in [0.717, 1.165) is 36.7 Å². The van der Waals surface area contributed by atoms with Crippen molar-refractivity contribution < 1.29 is 4.42 Å². The summed E-state index contributed by atoms with van der Waals surface area (Å²) in [4.78, 5) is 4.37. The fraction of sp³-hybridized carbons (Fsp3) is 0.471. The number of hydrogen-bond donors (Lipinski definition) is 1. The average molecular weight is 272 g/mol. The van der Waals surface area contributed by atoms with Crippen LogP contribution in [-0.2, 0) is 6.42 Å². The van der Waals surface area contributed by atoms with E-state index in [0.29, 0.717) is 5.92 Å². The summed E-state index contributed by atoms with van der Waals surface area (Å²) < 4.78 is 5.85. The van der Waals surface area contributed by atoms with Crippen LogP contribution in [0, 0.1) is 19.8 Å². The maximum atomic E-state index is 5.85. The number of aromatic nitrogens is 1. The molecule has 20 heavy (non-hydrogen) atoms. The molecule has 3 nitrogen and oxygen atoms in total. The van der Waals surface area contributed by atoms with Crippen LogP contribution in [0.25, 0.3) is 11.3 Å². The van der Waals surface area contributed by atoms with Crippen molar-refractivity contribution in [3.8, 4) is 11.3 Å². The summed E-state index contributed by atoms with van der Waals surface area (Å²) in [5, 5.41) is 3.40. The Morgan fingerprint density at radius 2 is 2.05 bits per heavy atom. The highest BCUT2D eigenvalue weighted by Gasteiger charge is 2.08. The second kappa shape index (κ2) is 6.71. The molecule has 0 saturated carbocycles. The summed E-state index contributed by atoms with van der Waals surface area (Å²) in [6, 6.07) is 6.38. The van der Waals surface area contributed by atoms with Crippen LogP contribution in [0.15, 0.2) is 28.8 Å². The molecule has 2 aromatic rings. The van der Waals surface area contributed by atoms with Crippen molar-refractivity contribution in [2.45, 2.75) is 34.1 Å². The Labute approximate surface area is 121 Å². The van der Waals surface area contributed by atoms with E-state index < -0.39 is 0 Å². The summed E-state index contributed by atoms with van der Waals surface area (Å²) in [5.74, 6) is 2.34. The van der Waals surface area contributed by atoms with Gasteiger partial charge in [0.05, 0.1) is 6.20 Å². The minimum atomic E-state index is 0.672. The molecule has 1 heterocycles. The molecule has 108 valence electrons. The Hall–Kier alpha value is -1.61. The number of aryl methyl sites for hydroxylation is 2. The molecule has 0 aliphatic heterocycles. The topological polar surface area (TPSA) is 38.1 Å². The van der Waals surface area contributed by atoms with Crippen molar-refractivity contribution in [1.82, 2.24) is 10.3 Å². The third kappa shape index (κ3) is 3.94. The van der Waals surface area contributed by atoms with E-state index in [4.69, 9.17) is 4.42 Å². The predicted octanol–water partition coefficient (Wildman–Crippen LogP) is 3.75. The third-order valence-corrected chi connectivity index (χ3v) is 3.27. The Bertz CT molecular complexity index is 558. The van der Waals surface area contributed by atoms with Gasteiger partial charge in [0.1, 0.15) is 0 Å². The van der Waals surface area contributed by atoms with E-state index in [1.54, 1.807) is 0 Å². The van der Waals surface area contributed by atoms with Crippen molar-refractivity contribution >= 4 is 0 Å². The Kier molecular flexibility index (Phi) is 4.96. The lowest BCUT2D eigenvalue weighted by atomic mass is 10.0. The second-order valence-corrected chi connectivity index (χ2v) is 5.78.